The lowest BCUT2D eigenvalue weighted by Gasteiger charge is -2.18. The Morgan fingerprint density at radius 2 is 1.46 bits per heavy atom. The number of sulfonamides is 2. The largest absolute Gasteiger partial charge is 0.280 e. The van der Waals surface area contributed by atoms with E-state index in [0.29, 0.717) is 24.3 Å². The van der Waals surface area contributed by atoms with Crippen molar-refractivity contribution in [2.45, 2.75) is 37.5 Å². The van der Waals surface area contributed by atoms with Crippen LogP contribution in [0.3, 0.4) is 0 Å². The van der Waals surface area contributed by atoms with E-state index in [0.717, 1.165) is 5.56 Å². The first-order chi connectivity index (χ1) is 12.1. The van der Waals surface area contributed by atoms with Gasteiger partial charge in [0.1, 0.15) is 0 Å². The molecule has 0 aromatic heterocycles. The molecule has 26 heavy (non-hydrogen) atoms. The lowest BCUT2D eigenvalue weighted by molar-refractivity contribution is 0.445. The Balaban J connectivity index is 2.31. The minimum atomic E-state index is -3.75. The number of aryl methyl sites for hydroxylation is 2. The summed E-state index contributed by atoms with van der Waals surface area (Å²) in [6, 6.07) is 10.9. The molecule has 0 unspecified atom stereocenters. The van der Waals surface area contributed by atoms with E-state index in [4.69, 9.17) is 0 Å². The lowest BCUT2D eigenvalue weighted by atomic mass is 10.2. The van der Waals surface area contributed by atoms with Crippen LogP contribution in [0.25, 0.3) is 0 Å². The van der Waals surface area contributed by atoms with Gasteiger partial charge in [-0.3, -0.25) is 4.72 Å². The van der Waals surface area contributed by atoms with Gasteiger partial charge >= 0.3 is 0 Å². The van der Waals surface area contributed by atoms with Crippen LogP contribution in [-0.2, 0) is 20.0 Å². The Hall–Kier alpha value is -1.90. The molecule has 0 spiro atoms. The van der Waals surface area contributed by atoms with Crippen molar-refractivity contribution in [3.63, 3.8) is 0 Å². The fourth-order valence-corrected chi connectivity index (χ4v) is 5.46. The molecule has 2 rings (SSSR count). The van der Waals surface area contributed by atoms with Crippen molar-refractivity contribution in [2.24, 2.45) is 0 Å². The summed E-state index contributed by atoms with van der Waals surface area (Å²) in [5.41, 5.74) is 1.80. The third-order valence-corrected chi connectivity index (χ3v) is 7.67. The number of nitrogens with one attached hydrogen (secondary N) is 1. The van der Waals surface area contributed by atoms with Crippen molar-refractivity contribution in [3.8, 4) is 0 Å². The maximum absolute atomic E-state index is 12.6. The van der Waals surface area contributed by atoms with E-state index in [1.165, 1.54) is 28.6 Å². The van der Waals surface area contributed by atoms with Gasteiger partial charge in [-0.2, -0.15) is 4.31 Å². The smallest absolute Gasteiger partial charge is 0.262 e. The summed E-state index contributed by atoms with van der Waals surface area (Å²) in [6.07, 6.45) is 0. The maximum atomic E-state index is 12.6. The van der Waals surface area contributed by atoms with Gasteiger partial charge in [0.25, 0.3) is 10.0 Å². The molecule has 0 aliphatic carbocycles. The summed E-state index contributed by atoms with van der Waals surface area (Å²) in [4.78, 5) is 0.341. The second-order valence-electron chi connectivity index (χ2n) is 5.99. The summed E-state index contributed by atoms with van der Waals surface area (Å²) in [7, 11) is -7.32. The van der Waals surface area contributed by atoms with E-state index >= 15 is 0 Å². The van der Waals surface area contributed by atoms with Gasteiger partial charge in [-0.1, -0.05) is 26.0 Å². The predicted molar refractivity (Wildman–Crippen MR) is 103 cm³/mol. The first-order valence-corrected chi connectivity index (χ1v) is 11.2. The molecule has 6 nitrogen and oxygen atoms in total. The molecule has 0 atom stereocenters. The Labute approximate surface area is 156 Å². The molecule has 0 aliphatic rings. The molecule has 2 aromatic carbocycles. The number of nitrogens with zero attached hydrogens (tertiary/aromatic N) is 1. The molecule has 8 heteroatoms. The highest BCUT2D eigenvalue weighted by Gasteiger charge is 2.22. The van der Waals surface area contributed by atoms with E-state index in [2.05, 4.69) is 4.72 Å². The quantitative estimate of drug-likeness (QED) is 0.779. The lowest BCUT2D eigenvalue weighted by Crippen LogP contribution is -2.30. The topological polar surface area (TPSA) is 83.6 Å². The zero-order chi connectivity index (χ0) is 19.5. The Morgan fingerprint density at radius 1 is 0.885 bits per heavy atom. The van der Waals surface area contributed by atoms with Gasteiger partial charge in [0, 0.05) is 18.8 Å². The minimum Gasteiger partial charge on any atom is -0.280 e. The number of hydrogen-bond acceptors (Lipinski definition) is 4. The second kappa shape index (κ2) is 7.77. The van der Waals surface area contributed by atoms with Crippen molar-refractivity contribution in [1.29, 1.82) is 0 Å². The normalized spacial score (nSPS) is 12.3. The van der Waals surface area contributed by atoms with Crippen LogP contribution in [0.2, 0.25) is 0 Å². The van der Waals surface area contributed by atoms with E-state index in [9.17, 15) is 16.8 Å². The third-order valence-electron chi connectivity index (χ3n) is 4.08. The number of rotatable bonds is 7. The molecular weight excluding hydrogens is 372 g/mol. The highest BCUT2D eigenvalue weighted by molar-refractivity contribution is 7.92. The summed E-state index contributed by atoms with van der Waals surface area (Å²) in [6.45, 7) is 7.85. The van der Waals surface area contributed by atoms with Gasteiger partial charge in [0.15, 0.2) is 0 Å². The molecule has 0 saturated heterocycles. The Kier molecular flexibility index (Phi) is 6.10. The summed E-state index contributed by atoms with van der Waals surface area (Å²) >= 11 is 0. The summed E-state index contributed by atoms with van der Waals surface area (Å²) < 4.78 is 54.1. The molecule has 142 valence electrons. The maximum Gasteiger partial charge on any atom is 0.262 e. The van der Waals surface area contributed by atoms with E-state index in [1.807, 2.05) is 13.0 Å². The monoisotopic (exact) mass is 396 g/mol. The molecule has 0 aliphatic heterocycles. The molecule has 0 saturated carbocycles. The van der Waals surface area contributed by atoms with Gasteiger partial charge in [0.2, 0.25) is 10.0 Å². The second-order valence-corrected chi connectivity index (χ2v) is 9.58. The van der Waals surface area contributed by atoms with Crippen LogP contribution in [-0.4, -0.2) is 34.2 Å². The van der Waals surface area contributed by atoms with Crippen molar-refractivity contribution in [3.05, 3.63) is 53.6 Å². The number of benzene rings is 2. The SMILES string of the molecule is CCN(CC)S(=O)(=O)c1ccc(NS(=O)(=O)c2cc(C)ccc2C)cc1. The molecule has 0 radical (unpaired) electrons. The average molecular weight is 397 g/mol. The van der Waals surface area contributed by atoms with Crippen LogP contribution in [0.5, 0.6) is 0 Å². The zero-order valence-corrected chi connectivity index (χ0v) is 17.0. The highest BCUT2D eigenvalue weighted by atomic mass is 32.2. The van der Waals surface area contributed by atoms with Gasteiger partial charge in [-0.25, -0.2) is 16.8 Å². The van der Waals surface area contributed by atoms with Crippen LogP contribution in [0.4, 0.5) is 5.69 Å². The van der Waals surface area contributed by atoms with Crippen LogP contribution >= 0.6 is 0 Å². The van der Waals surface area contributed by atoms with E-state index < -0.39 is 20.0 Å². The molecular formula is C18H24N2O4S2. The highest BCUT2D eigenvalue weighted by Crippen LogP contribution is 2.23. The van der Waals surface area contributed by atoms with Gasteiger partial charge in [0.05, 0.1) is 9.79 Å². The van der Waals surface area contributed by atoms with Crippen LogP contribution in [0, 0.1) is 13.8 Å². The fourth-order valence-electron chi connectivity index (χ4n) is 2.61. The standard InChI is InChI=1S/C18H24N2O4S2/c1-5-20(6-2)26(23,24)17-11-9-16(10-12-17)19-25(21,22)18-13-14(3)7-8-15(18)4/h7-13,19H,5-6H2,1-4H3. The fraction of sp³-hybridized carbons (Fsp3) is 0.333. The zero-order valence-electron chi connectivity index (χ0n) is 15.4. The van der Waals surface area contributed by atoms with Crippen molar-refractivity contribution < 1.29 is 16.8 Å². The summed E-state index contributed by atoms with van der Waals surface area (Å²) in [5.74, 6) is 0. The first-order valence-electron chi connectivity index (χ1n) is 8.32. The van der Waals surface area contributed by atoms with Crippen molar-refractivity contribution >= 4 is 25.7 Å². The first kappa shape index (κ1) is 20.4. The Bertz CT molecular complexity index is 978. The minimum absolute atomic E-state index is 0.135. The van der Waals surface area contributed by atoms with Gasteiger partial charge in [-0.15, -0.1) is 0 Å². The molecule has 0 amide bonds. The summed E-state index contributed by atoms with van der Waals surface area (Å²) in [5, 5.41) is 0. The Morgan fingerprint density at radius 3 is 2.00 bits per heavy atom. The van der Waals surface area contributed by atoms with Crippen molar-refractivity contribution in [2.75, 3.05) is 17.8 Å². The van der Waals surface area contributed by atoms with Crippen molar-refractivity contribution in [1.82, 2.24) is 4.31 Å². The number of hydrogen-bond donors (Lipinski definition) is 1. The molecule has 0 fully saturated rings. The van der Waals surface area contributed by atoms with E-state index in [1.54, 1.807) is 32.9 Å². The molecule has 0 heterocycles. The van der Waals surface area contributed by atoms with Crippen LogP contribution in [0.1, 0.15) is 25.0 Å². The van der Waals surface area contributed by atoms with E-state index in [-0.39, 0.29) is 9.79 Å². The van der Waals surface area contributed by atoms with Crippen LogP contribution < -0.4 is 4.72 Å². The molecule has 2 aromatic rings. The molecule has 1 N–H and O–H groups in total. The van der Waals surface area contributed by atoms with Crippen LogP contribution in [0.15, 0.2) is 52.3 Å². The predicted octanol–water partition coefficient (Wildman–Crippen LogP) is 3.13. The number of anilines is 1. The van der Waals surface area contributed by atoms with Gasteiger partial charge < -0.3 is 0 Å². The third kappa shape index (κ3) is 4.25. The average Bonchev–Trinajstić information content (AvgIpc) is 2.58. The van der Waals surface area contributed by atoms with Gasteiger partial charge in [-0.05, 0) is 55.3 Å². The molecule has 0 bridgehead atoms.